The van der Waals surface area contributed by atoms with Gasteiger partial charge < -0.3 is 5.32 Å². The minimum absolute atomic E-state index is 0.256. The monoisotopic (exact) mass is 372 g/mol. The number of pyridine rings is 1. The molecule has 1 aromatic carbocycles. The van der Waals surface area contributed by atoms with Crippen LogP contribution in [0, 0.1) is 5.82 Å². The molecule has 1 unspecified atom stereocenters. The van der Waals surface area contributed by atoms with E-state index in [4.69, 9.17) is 11.6 Å². The minimum Gasteiger partial charge on any atom is -0.349 e. The summed E-state index contributed by atoms with van der Waals surface area (Å²) in [7, 11) is 0. The fourth-order valence-electron chi connectivity index (χ4n) is 2.91. The summed E-state index contributed by atoms with van der Waals surface area (Å²) in [6.07, 6.45) is -2.56. The van der Waals surface area contributed by atoms with E-state index in [-0.39, 0.29) is 10.9 Å². The molecule has 0 saturated heterocycles. The van der Waals surface area contributed by atoms with Gasteiger partial charge in [0.15, 0.2) is 5.69 Å². The van der Waals surface area contributed by atoms with Crippen LogP contribution in [0.2, 0.25) is 5.02 Å². The largest absolute Gasteiger partial charge is 0.434 e. The van der Waals surface area contributed by atoms with Crippen molar-refractivity contribution in [3.63, 3.8) is 0 Å². The highest BCUT2D eigenvalue weighted by Gasteiger charge is 2.39. The van der Waals surface area contributed by atoms with Crippen molar-refractivity contribution in [2.75, 3.05) is 0 Å². The van der Waals surface area contributed by atoms with Crippen LogP contribution in [0.15, 0.2) is 36.5 Å². The second-order valence-electron chi connectivity index (χ2n) is 5.83. The van der Waals surface area contributed by atoms with Crippen LogP contribution >= 0.6 is 11.6 Å². The number of carbonyl (C=O) groups is 1. The molecule has 3 rings (SSSR count). The number of aromatic nitrogens is 1. The Balaban J connectivity index is 1.78. The summed E-state index contributed by atoms with van der Waals surface area (Å²) in [6.45, 7) is 0. The van der Waals surface area contributed by atoms with Crippen molar-refractivity contribution >= 4 is 17.5 Å². The normalized spacial score (nSPS) is 20.0. The van der Waals surface area contributed by atoms with Gasteiger partial charge in [0.2, 0.25) is 0 Å². The van der Waals surface area contributed by atoms with E-state index in [0.717, 1.165) is 12.3 Å². The van der Waals surface area contributed by atoms with Gasteiger partial charge in [0.25, 0.3) is 5.91 Å². The average Bonchev–Trinajstić information content (AvgIpc) is 2.53. The number of amides is 1. The summed E-state index contributed by atoms with van der Waals surface area (Å²) in [5.74, 6) is -1.66. The highest BCUT2D eigenvalue weighted by Crippen LogP contribution is 2.39. The van der Waals surface area contributed by atoms with Gasteiger partial charge in [-0.3, -0.25) is 9.78 Å². The number of rotatable bonds is 3. The first-order valence-corrected chi connectivity index (χ1v) is 7.93. The lowest BCUT2D eigenvalue weighted by Crippen LogP contribution is -2.46. The van der Waals surface area contributed by atoms with Gasteiger partial charge in [-0.25, -0.2) is 4.39 Å². The van der Waals surface area contributed by atoms with Crippen LogP contribution in [0.4, 0.5) is 17.6 Å². The molecule has 2 aromatic rings. The van der Waals surface area contributed by atoms with E-state index in [1.165, 1.54) is 18.2 Å². The van der Waals surface area contributed by atoms with Crippen LogP contribution in [0.3, 0.4) is 0 Å². The van der Waals surface area contributed by atoms with Crippen LogP contribution in [0.5, 0.6) is 0 Å². The molecule has 0 aliphatic heterocycles. The van der Waals surface area contributed by atoms with Gasteiger partial charge in [-0.2, -0.15) is 13.2 Å². The molecule has 1 aromatic heterocycles. The van der Waals surface area contributed by atoms with Gasteiger partial charge in [0, 0.05) is 23.2 Å². The molecule has 8 heteroatoms. The zero-order valence-electron chi connectivity index (χ0n) is 12.8. The Morgan fingerprint density at radius 1 is 1.24 bits per heavy atom. The quantitative estimate of drug-likeness (QED) is 0.802. The van der Waals surface area contributed by atoms with Crippen LogP contribution in [-0.2, 0) is 6.18 Å². The Morgan fingerprint density at radius 2 is 2.00 bits per heavy atom. The molecule has 1 fully saturated rings. The fourth-order valence-corrected chi connectivity index (χ4v) is 3.07. The standard InChI is InChI=1S/C17H13ClF4N2O/c18-9-3-4-10(13(19)8-9)11-5-6-14(11)24-16(25)12-2-1-7-23-15(12)17(20,21)22/h1-4,7-8,11,14H,5-6H2,(H,24,25)/t11-,14?/m0/s1. The van der Waals surface area contributed by atoms with E-state index in [1.54, 1.807) is 6.07 Å². The Morgan fingerprint density at radius 3 is 2.60 bits per heavy atom. The van der Waals surface area contributed by atoms with Crippen molar-refractivity contribution in [1.82, 2.24) is 10.3 Å². The molecule has 3 nitrogen and oxygen atoms in total. The zero-order chi connectivity index (χ0) is 18.2. The molecule has 1 amide bonds. The molecule has 1 aliphatic carbocycles. The number of nitrogens with zero attached hydrogens (tertiary/aromatic N) is 1. The van der Waals surface area contributed by atoms with Crippen molar-refractivity contribution in [3.8, 4) is 0 Å². The van der Waals surface area contributed by atoms with Crippen LogP contribution < -0.4 is 5.32 Å². The zero-order valence-corrected chi connectivity index (χ0v) is 13.5. The lowest BCUT2D eigenvalue weighted by atomic mass is 9.74. The third kappa shape index (κ3) is 3.61. The molecular formula is C17H13ClF4N2O. The first-order valence-electron chi connectivity index (χ1n) is 7.55. The van der Waals surface area contributed by atoms with E-state index in [2.05, 4.69) is 10.3 Å². The molecule has 0 spiro atoms. The van der Waals surface area contributed by atoms with Gasteiger partial charge in [-0.05, 0) is 42.7 Å². The predicted octanol–water partition coefficient (Wildman–Crippen LogP) is 4.57. The summed E-state index contributed by atoms with van der Waals surface area (Å²) in [4.78, 5) is 15.5. The lowest BCUT2D eigenvalue weighted by Gasteiger charge is -2.37. The van der Waals surface area contributed by atoms with E-state index < -0.39 is 35.2 Å². The molecule has 0 bridgehead atoms. The van der Waals surface area contributed by atoms with Gasteiger partial charge in [0.05, 0.1) is 5.56 Å². The van der Waals surface area contributed by atoms with E-state index in [1.807, 2.05) is 0 Å². The SMILES string of the molecule is O=C(NC1CC[C@H]1c1ccc(Cl)cc1F)c1cccnc1C(F)(F)F. The number of alkyl halides is 3. The van der Waals surface area contributed by atoms with Crippen molar-refractivity contribution in [2.45, 2.75) is 31.0 Å². The third-order valence-corrected chi connectivity index (χ3v) is 4.51. The van der Waals surface area contributed by atoms with Gasteiger partial charge in [0.1, 0.15) is 5.82 Å². The van der Waals surface area contributed by atoms with Gasteiger partial charge in [-0.1, -0.05) is 17.7 Å². The fraction of sp³-hybridized carbons (Fsp3) is 0.294. The Hall–Kier alpha value is -2.15. The molecule has 25 heavy (non-hydrogen) atoms. The number of hydrogen-bond donors (Lipinski definition) is 1. The van der Waals surface area contributed by atoms with Crippen molar-refractivity contribution in [2.24, 2.45) is 0 Å². The predicted molar refractivity (Wildman–Crippen MR) is 83.9 cm³/mol. The van der Waals surface area contributed by atoms with Gasteiger partial charge >= 0.3 is 6.18 Å². The summed E-state index contributed by atoms with van der Waals surface area (Å²) in [5.41, 5.74) is -1.39. The number of carbonyl (C=O) groups excluding carboxylic acids is 1. The summed E-state index contributed by atoms with van der Waals surface area (Å²) >= 11 is 5.72. The maximum absolute atomic E-state index is 14.0. The summed E-state index contributed by atoms with van der Waals surface area (Å²) in [6, 6.07) is 6.15. The first kappa shape index (κ1) is 17.7. The number of nitrogens with one attached hydrogen (secondary N) is 1. The summed E-state index contributed by atoms with van der Waals surface area (Å²) in [5, 5.41) is 2.81. The molecule has 1 aliphatic rings. The molecule has 1 N–H and O–H groups in total. The Kier molecular flexibility index (Phi) is 4.69. The van der Waals surface area contributed by atoms with Gasteiger partial charge in [-0.15, -0.1) is 0 Å². The Labute approximate surface area is 146 Å². The molecule has 1 saturated carbocycles. The lowest BCUT2D eigenvalue weighted by molar-refractivity contribution is -0.141. The summed E-state index contributed by atoms with van der Waals surface area (Å²) < 4.78 is 52.9. The third-order valence-electron chi connectivity index (χ3n) is 4.27. The van der Waals surface area contributed by atoms with Crippen LogP contribution in [0.25, 0.3) is 0 Å². The number of benzene rings is 1. The van der Waals surface area contributed by atoms with Crippen molar-refractivity contribution in [3.05, 3.63) is 64.2 Å². The highest BCUT2D eigenvalue weighted by molar-refractivity contribution is 6.30. The molecule has 2 atom stereocenters. The van der Waals surface area contributed by atoms with Crippen molar-refractivity contribution in [1.29, 1.82) is 0 Å². The number of hydrogen-bond acceptors (Lipinski definition) is 2. The van der Waals surface area contributed by atoms with Crippen LogP contribution in [0.1, 0.15) is 40.4 Å². The maximum atomic E-state index is 14.0. The average molecular weight is 373 g/mol. The second kappa shape index (κ2) is 6.63. The molecule has 132 valence electrons. The Bertz CT molecular complexity index is 809. The first-order chi connectivity index (χ1) is 11.8. The molecule has 1 heterocycles. The maximum Gasteiger partial charge on any atom is 0.434 e. The molecular weight excluding hydrogens is 360 g/mol. The van der Waals surface area contributed by atoms with E-state index in [0.29, 0.717) is 18.4 Å². The topological polar surface area (TPSA) is 42.0 Å². The smallest absolute Gasteiger partial charge is 0.349 e. The minimum atomic E-state index is -4.73. The molecule has 0 radical (unpaired) electrons. The highest BCUT2D eigenvalue weighted by atomic mass is 35.5. The number of halogens is 5. The van der Waals surface area contributed by atoms with E-state index >= 15 is 0 Å². The van der Waals surface area contributed by atoms with Crippen LogP contribution in [-0.4, -0.2) is 16.9 Å². The van der Waals surface area contributed by atoms with E-state index in [9.17, 15) is 22.4 Å². The second-order valence-corrected chi connectivity index (χ2v) is 6.26. The van der Waals surface area contributed by atoms with Crippen molar-refractivity contribution < 1.29 is 22.4 Å².